The minimum absolute atomic E-state index is 0.0632. The van der Waals surface area contributed by atoms with Crippen molar-refractivity contribution in [2.45, 2.75) is 336 Å². The van der Waals surface area contributed by atoms with E-state index in [9.17, 15) is 14.4 Å². The van der Waals surface area contributed by atoms with E-state index in [1.165, 1.54) is 218 Å². The molecule has 0 aliphatic rings. The molecular weight excluding hydrogens is 805 g/mol. The number of hydrogen-bond donors (Lipinski definition) is 0. The first-order valence-electron chi connectivity index (χ1n) is 29.3. The molecule has 0 saturated heterocycles. The van der Waals surface area contributed by atoms with E-state index in [-0.39, 0.29) is 31.1 Å². The molecule has 0 spiro atoms. The Morgan fingerprint density at radius 3 is 0.877 bits per heavy atom. The van der Waals surface area contributed by atoms with Crippen LogP contribution < -0.4 is 0 Å². The third-order valence-corrected chi connectivity index (χ3v) is 13.8. The first-order chi connectivity index (χ1) is 31.8. The smallest absolute Gasteiger partial charge is 0.306 e. The molecule has 0 N–H and O–H groups in total. The Labute approximate surface area is 406 Å². The van der Waals surface area contributed by atoms with Gasteiger partial charge in [0.25, 0.3) is 0 Å². The van der Waals surface area contributed by atoms with Gasteiger partial charge in [-0.3, -0.25) is 14.4 Å². The van der Waals surface area contributed by atoms with Gasteiger partial charge in [0.05, 0.1) is 0 Å². The Morgan fingerprint density at radius 1 is 0.323 bits per heavy atom. The maximum atomic E-state index is 12.8. The molecule has 0 amide bonds. The summed E-state index contributed by atoms with van der Waals surface area (Å²) in [6, 6.07) is 0. The lowest BCUT2D eigenvalue weighted by Crippen LogP contribution is -2.30. The molecule has 2 atom stereocenters. The van der Waals surface area contributed by atoms with Crippen LogP contribution in [0.5, 0.6) is 0 Å². The molecule has 0 aromatic carbocycles. The van der Waals surface area contributed by atoms with Crippen molar-refractivity contribution in [1.29, 1.82) is 0 Å². The van der Waals surface area contributed by atoms with Crippen LogP contribution in [0.15, 0.2) is 0 Å². The Bertz CT molecular complexity index is 995. The average molecular weight is 920 g/mol. The van der Waals surface area contributed by atoms with Crippen molar-refractivity contribution in [3.63, 3.8) is 0 Å². The van der Waals surface area contributed by atoms with Crippen molar-refractivity contribution in [1.82, 2.24) is 0 Å². The summed E-state index contributed by atoms with van der Waals surface area (Å²) in [4.78, 5) is 38.1. The summed E-state index contributed by atoms with van der Waals surface area (Å²) in [5.41, 5.74) is 0. The summed E-state index contributed by atoms with van der Waals surface area (Å²) in [6.45, 7) is 11.4. The summed E-state index contributed by atoms with van der Waals surface area (Å²) < 4.78 is 16.9. The predicted molar refractivity (Wildman–Crippen MR) is 280 cm³/mol. The molecule has 0 aromatic heterocycles. The molecule has 0 heterocycles. The van der Waals surface area contributed by atoms with Crippen LogP contribution in [0.2, 0.25) is 0 Å². The Hall–Kier alpha value is -1.59. The van der Waals surface area contributed by atoms with Crippen LogP contribution >= 0.6 is 0 Å². The Morgan fingerprint density at radius 2 is 0.585 bits per heavy atom. The highest BCUT2D eigenvalue weighted by molar-refractivity contribution is 5.71. The van der Waals surface area contributed by atoms with Gasteiger partial charge >= 0.3 is 17.9 Å². The quantitative estimate of drug-likeness (QED) is 0.0344. The number of carbonyl (C=O) groups is 3. The maximum Gasteiger partial charge on any atom is 0.306 e. The van der Waals surface area contributed by atoms with Crippen molar-refractivity contribution in [2.24, 2.45) is 11.8 Å². The fourth-order valence-corrected chi connectivity index (χ4v) is 9.02. The maximum absolute atomic E-state index is 12.8. The van der Waals surface area contributed by atoms with Gasteiger partial charge in [0, 0.05) is 19.3 Å². The minimum atomic E-state index is -0.763. The second-order valence-electron chi connectivity index (χ2n) is 21.0. The van der Waals surface area contributed by atoms with Gasteiger partial charge in [-0.05, 0) is 31.1 Å². The van der Waals surface area contributed by atoms with Crippen molar-refractivity contribution < 1.29 is 28.6 Å². The number of carbonyl (C=O) groups excluding carboxylic acids is 3. The van der Waals surface area contributed by atoms with Crippen molar-refractivity contribution >= 4 is 17.9 Å². The lowest BCUT2D eigenvalue weighted by Gasteiger charge is -2.18. The molecule has 0 fully saturated rings. The van der Waals surface area contributed by atoms with E-state index >= 15 is 0 Å². The van der Waals surface area contributed by atoms with Crippen molar-refractivity contribution in [3.8, 4) is 0 Å². The standard InChI is InChI=1S/C59H114O6/c1-6-8-9-10-11-12-13-14-15-16-17-18-19-22-25-28-34-39-44-49-57(60)63-52-56(65-59(62)51-46-41-36-31-30-33-38-43-48-55(5)7-2)53-64-58(61)50-45-40-35-29-26-23-20-21-24-27-32-37-42-47-54(3)4/h54-56H,6-53H2,1-5H3/t55?,56-/m0/s1. The minimum Gasteiger partial charge on any atom is -0.462 e. The molecular formula is C59H114O6. The van der Waals surface area contributed by atoms with Crippen LogP contribution in [-0.4, -0.2) is 37.2 Å². The predicted octanol–water partition coefficient (Wildman–Crippen LogP) is 19.3. The van der Waals surface area contributed by atoms with E-state index in [1.54, 1.807) is 0 Å². The summed E-state index contributed by atoms with van der Waals surface area (Å²) in [5.74, 6) is 0.843. The van der Waals surface area contributed by atoms with Crippen LogP contribution in [0, 0.1) is 11.8 Å². The number of unbranched alkanes of at least 4 members (excludes halogenated alkanes) is 37. The van der Waals surface area contributed by atoms with E-state index < -0.39 is 6.10 Å². The molecule has 1 unspecified atom stereocenters. The van der Waals surface area contributed by atoms with Crippen LogP contribution in [0.4, 0.5) is 0 Å². The van der Waals surface area contributed by atoms with Gasteiger partial charge < -0.3 is 14.2 Å². The summed E-state index contributed by atoms with van der Waals surface area (Å²) >= 11 is 0. The van der Waals surface area contributed by atoms with Gasteiger partial charge in [0.15, 0.2) is 6.10 Å². The monoisotopic (exact) mass is 919 g/mol. The zero-order chi connectivity index (χ0) is 47.5. The lowest BCUT2D eigenvalue weighted by atomic mass is 9.99. The molecule has 65 heavy (non-hydrogen) atoms. The fraction of sp³-hybridized carbons (Fsp3) is 0.949. The second kappa shape index (κ2) is 51.8. The summed E-state index contributed by atoms with van der Waals surface area (Å²) in [5, 5.41) is 0. The van der Waals surface area contributed by atoms with Gasteiger partial charge in [-0.1, -0.05) is 291 Å². The van der Waals surface area contributed by atoms with Gasteiger partial charge in [-0.25, -0.2) is 0 Å². The zero-order valence-corrected chi connectivity index (χ0v) is 44.6. The molecule has 0 bridgehead atoms. The molecule has 0 radical (unpaired) electrons. The van der Waals surface area contributed by atoms with Gasteiger partial charge in [0.1, 0.15) is 13.2 Å². The number of rotatable bonds is 53. The lowest BCUT2D eigenvalue weighted by molar-refractivity contribution is -0.167. The number of hydrogen-bond acceptors (Lipinski definition) is 6. The topological polar surface area (TPSA) is 78.9 Å². The molecule has 0 aliphatic carbocycles. The van der Waals surface area contributed by atoms with Gasteiger partial charge in [-0.15, -0.1) is 0 Å². The SMILES string of the molecule is CCCCCCCCCCCCCCCCCCCCCC(=O)OC[C@@H](COC(=O)CCCCCCCCCCCCCCCC(C)C)OC(=O)CCCCCCCCCCC(C)CC. The first-order valence-corrected chi connectivity index (χ1v) is 29.3. The Kier molecular flexibility index (Phi) is 50.5. The molecule has 6 nitrogen and oxygen atoms in total. The number of ether oxygens (including phenoxy) is 3. The third kappa shape index (κ3) is 51.6. The fourth-order valence-electron chi connectivity index (χ4n) is 9.02. The zero-order valence-electron chi connectivity index (χ0n) is 44.6. The average Bonchev–Trinajstić information content (AvgIpc) is 3.29. The van der Waals surface area contributed by atoms with E-state index in [2.05, 4.69) is 34.6 Å². The summed E-state index contributed by atoms with van der Waals surface area (Å²) in [7, 11) is 0. The highest BCUT2D eigenvalue weighted by Gasteiger charge is 2.19. The largest absolute Gasteiger partial charge is 0.462 e. The van der Waals surface area contributed by atoms with Gasteiger partial charge in [0.2, 0.25) is 0 Å². The van der Waals surface area contributed by atoms with E-state index in [0.717, 1.165) is 69.6 Å². The van der Waals surface area contributed by atoms with Crippen molar-refractivity contribution in [3.05, 3.63) is 0 Å². The third-order valence-electron chi connectivity index (χ3n) is 13.8. The van der Waals surface area contributed by atoms with Crippen molar-refractivity contribution in [2.75, 3.05) is 13.2 Å². The van der Waals surface area contributed by atoms with Crippen LogP contribution in [0.3, 0.4) is 0 Å². The number of esters is 3. The van der Waals surface area contributed by atoms with E-state index in [4.69, 9.17) is 14.2 Å². The molecule has 0 aromatic rings. The molecule has 6 heteroatoms. The van der Waals surface area contributed by atoms with Crippen LogP contribution in [0.25, 0.3) is 0 Å². The van der Waals surface area contributed by atoms with Gasteiger partial charge in [-0.2, -0.15) is 0 Å². The molecule has 0 saturated carbocycles. The van der Waals surface area contributed by atoms with E-state index in [0.29, 0.717) is 19.3 Å². The molecule has 0 aliphatic heterocycles. The van der Waals surface area contributed by atoms with Crippen LogP contribution in [-0.2, 0) is 28.6 Å². The summed E-state index contributed by atoms with van der Waals surface area (Å²) in [6.07, 6.45) is 55.2. The first kappa shape index (κ1) is 63.4. The molecule has 0 rings (SSSR count). The van der Waals surface area contributed by atoms with Crippen LogP contribution in [0.1, 0.15) is 330 Å². The highest BCUT2D eigenvalue weighted by Crippen LogP contribution is 2.19. The Balaban J connectivity index is 4.26. The second-order valence-corrected chi connectivity index (χ2v) is 21.0. The molecule has 386 valence electrons. The highest BCUT2D eigenvalue weighted by atomic mass is 16.6. The normalized spacial score (nSPS) is 12.5. The van der Waals surface area contributed by atoms with E-state index in [1.807, 2.05) is 0 Å².